The third-order valence-electron chi connectivity index (χ3n) is 2.58. The second-order valence-corrected chi connectivity index (χ2v) is 4.23. The Hall–Kier alpha value is -1.62. The average molecular weight is 267 g/mol. The molecule has 18 heavy (non-hydrogen) atoms. The van der Waals surface area contributed by atoms with Gasteiger partial charge in [0.15, 0.2) is 5.65 Å². The molecule has 0 aromatic carbocycles. The van der Waals surface area contributed by atoms with Gasteiger partial charge < -0.3 is 9.88 Å². The molecule has 0 radical (unpaired) electrons. The van der Waals surface area contributed by atoms with Crippen molar-refractivity contribution < 1.29 is 4.79 Å². The fourth-order valence-electron chi connectivity index (χ4n) is 1.84. The third-order valence-corrected chi connectivity index (χ3v) is 2.77. The molecule has 2 aromatic heterocycles. The molecular formula is C12H15ClN4O. The molecule has 0 aliphatic rings. The number of amides is 1. The van der Waals surface area contributed by atoms with Crippen molar-refractivity contribution in [2.45, 2.75) is 19.9 Å². The monoisotopic (exact) mass is 266 g/mol. The van der Waals surface area contributed by atoms with Gasteiger partial charge in [-0.3, -0.25) is 4.79 Å². The van der Waals surface area contributed by atoms with Crippen LogP contribution in [0.2, 0.25) is 0 Å². The number of carbonyl (C=O) groups is 1. The van der Waals surface area contributed by atoms with E-state index in [2.05, 4.69) is 15.3 Å². The van der Waals surface area contributed by atoms with Crippen LogP contribution >= 0.6 is 11.6 Å². The third kappa shape index (κ3) is 2.61. The van der Waals surface area contributed by atoms with E-state index in [1.807, 2.05) is 23.6 Å². The van der Waals surface area contributed by atoms with E-state index in [1.54, 1.807) is 6.20 Å². The van der Waals surface area contributed by atoms with E-state index < -0.39 is 0 Å². The highest BCUT2D eigenvalue weighted by Crippen LogP contribution is 2.14. The zero-order valence-electron chi connectivity index (χ0n) is 10.2. The van der Waals surface area contributed by atoms with Gasteiger partial charge in [0.1, 0.15) is 17.9 Å². The van der Waals surface area contributed by atoms with Crippen molar-refractivity contribution in [1.82, 2.24) is 19.9 Å². The number of pyridine rings is 1. The number of carbonyl (C=O) groups excluding carboxylic acids is 1. The van der Waals surface area contributed by atoms with Crippen LogP contribution in [0.3, 0.4) is 0 Å². The van der Waals surface area contributed by atoms with Gasteiger partial charge in [0.25, 0.3) is 0 Å². The van der Waals surface area contributed by atoms with E-state index in [-0.39, 0.29) is 12.5 Å². The Kier molecular flexibility index (Phi) is 4.15. The summed E-state index contributed by atoms with van der Waals surface area (Å²) in [6, 6.07) is 3.71. The van der Waals surface area contributed by atoms with Gasteiger partial charge in [-0.15, -0.1) is 11.6 Å². The summed E-state index contributed by atoms with van der Waals surface area (Å²) in [5, 5.41) is 2.77. The first kappa shape index (κ1) is 12.8. The van der Waals surface area contributed by atoms with Crippen LogP contribution in [0.4, 0.5) is 0 Å². The summed E-state index contributed by atoms with van der Waals surface area (Å²) in [6.45, 7) is 2.74. The largest absolute Gasteiger partial charge is 0.355 e. The maximum Gasteiger partial charge on any atom is 0.240 e. The van der Waals surface area contributed by atoms with Crippen LogP contribution in [0.25, 0.3) is 11.2 Å². The van der Waals surface area contributed by atoms with Crippen LogP contribution in [0, 0.1) is 0 Å². The van der Waals surface area contributed by atoms with Crippen molar-refractivity contribution in [3.8, 4) is 0 Å². The van der Waals surface area contributed by atoms with E-state index in [1.165, 1.54) is 0 Å². The van der Waals surface area contributed by atoms with Crippen LogP contribution in [0.15, 0.2) is 18.3 Å². The number of alkyl halides is 1. The first-order valence-electron chi connectivity index (χ1n) is 5.89. The van der Waals surface area contributed by atoms with Gasteiger partial charge in [-0.2, -0.15) is 0 Å². The van der Waals surface area contributed by atoms with E-state index in [4.69, 9.17) is 11.6 Å². The molecule has 1 N–H and O–H groups in total. The Morgan fingerprint density at radius 1 is 1.56 bits per heavy atom. The van der Waals surface area contributed by atoms with Crippen molar-refractivity contribution in [1.29, 1.82) is 0 Å². The van der Waals surface area contributed by atoms with Crippen LogP contribution in [0.5, 0.6) is 0 Å². The Labute approximate surface area is 110 Å². The van der Waals surface area contributed by atoms with Gasteiger partial charge in [0, 0.05) is 25.0 Å². The number of likely N-dealkylation sites (N-methyl/N-ethyl adjacent to an activating group) is 1. The van der Waals surface area contributed by atoms with Crippen LogP contribution in [-0.2, 0) is 17.8 Å². The maximum absolute atomic E-state index is 11.7. The quantitative estimate of drug-likeness (QED) is 0.831. The topological polar surface area (TPSA) is 59.8 Å². The molecular weight excluding hydrogens is 252 g/mol. The molecule has 0 aliphatic heterocycles. The molecule has 0 bridgehead atoms. The number of nitrogens with zero attached hydrogens (tertiary/aromatic N) is 3. The smallest absolute Gasteiger partial charge is 0.240 e. The molecule has 2 rings (SSSR count). The molecule has 2 heterocycles. The molecule has 0 saturated carbocycles. The molecule has 0 unspecified atom stereocenters. The fourth-order valence-corrected chi connectivity index (χ4v) is 2.01. The van der Waals surface area contributed by atoms with Crippen LogP contribution < -0.4 is 5.32 Å². The summed E-state index contributed by atoms with van der Waals surface area (Å²) < 4.78 is 1.82. The fraction of sp³-hybridized carbons (Fsp3) is 0.417. The lowest BCUT2D eigenvalue weighted by atomic mass is 10.4. The second-order valence-electron chi connectivity index (χ2n) is 3.85. The minimum atomic E-state index is -0.0433. The molecule has 96 valence electrons. The Bertz CT molecular complexity index is 552. The predicted octanol–water partition coefficient (Wildman–Crippen LogP) is 1.35. The zero-order valence-corrected chi connectivity index (χ0v) is 10.9. The van der Waals surface area contributed by atoms with Crippen LogP contribution in [0.1, 0.15) is 12.7 Å². The normalized spacial score (nSPS) is 10.8. The molecule has 1 amide bonds. The zero-order chi connectivity index (χ0) is 13.0. The Balaban J connectivity index is 2.38. The highest BCUT2D eigenvalue weighted by molar-refractivity contribution is 6.17. The summed E-state index contributed by atoms with van der Waals surface area (Å²) in [5.74, 6) is 1.22. The predicted molar refractivity (Wildman–Crippen MR) is 70.6 cm³/mol. The lowest BCUT2D eigenvalue weighted by molar-refractivity contribution is -0.121. The molecule has 5 nitrogen and oxygen atoms in total. The minimum absolute atomic E-state index is 0.0433. The maximum atomic E-state index is 11.7. The van der Waals surface area contributed by atoms with Crippen molar-refractivity contribution in [2.75, 3.05) is 12.4 Å². The standard InChI is InChI=1S/C12H15ClN4O/c1-2-14-11(18)8-17-10(5-6-13)16-9-4-3-7-15-12(9)17/h3-4,7H,2,5-6,8H2,1H3,(H,14,18). The summed E-state index contributed by atoms with van der Waals surface area (Å²) in [7, 11) is 0. The molecule has 6 heteroatoms. The number of hydrogen-bond donors (Lipinski definition) is 1. The van der Waals surface area contributed by atoms with E-state index in [0.717, 1.165) is 17.0 Å². The van der Waals surface area contributed by atoms with Crippen molar-refractivity contribution in [2.24, 2.45) is 0 Å². The SMILES string of the molecule is CCNC(=O)Cn1c(CCCl)nc2cccnc21. The van der Waals surface area contributed by atoms with Crippen molar-refractivity contribution in [3.63, 3.8) is 0 Å². The van der Waals surface area contributed by atoms with Crippen molar-refractivity contribution >= 4 is 28.7 Å². The highest BCUT2D eigenvalue weighted by atomic mass is 35.5. The van der Waals surface area contributed by atoms with E-state index in [0.29, 0.717) is 18.8 Å². The first-order chi connectivity index (χ1) is 8.76. The molecule has 0 saturated heterocycles. The lowest BCUT2D eigenvalue weighted by Gasteiger charge is -2.07. The van der Waals surface area contributed by atoms with Gasteiger partial charge in [-0.1, -0.05) is 0 Å². The molecule has 0 atom stereocenters. The number of halogens is 1. The number of aromatic nitrogens is 3. The van der Waals surface area contributed by atoms with E-state index in [9.17, 15) is 4.79 Å². The Morgan fingerprint density at radius 2 is 2.39 bits per heavy atom. The molecule has 2 aromatic rings. The Morgan fingerprint density at radius 3 is 3.11 bits per heavy atom. The number of nitrogens with one attached hydrogen (secondary N) is 1. The van der Waals surface area contributed by atoms with Gasteiger partial charge in [-0.05, 0) is 19.1 Å². The lowest BCUT2D eigenvalue weighted by Crippen LogP contribution is -2.28. The number of aryl methyl sites for hydroxylation is 1. The second kappa shape index (κ2) is 5.82. The number of imidazole rings is 1. The van der Waals surface area contributed by atoms with Gasteiger partial charge in [0.2, 0.25) is 5.91 Å². The van der Waals surface area contributed by atoms with Crippen molar-refractivity contribution in [3.05, 3.63) is 24.2 Å². The van der Waals surface area contributed by atoms with Gasteiger partial charge >= 0.3 is 0 Å². The van der Waals surface area contributed by atoms with E-state index >= 15 is 0 Å². The molecule has 0 aliphatic carbocycles. The van der Waals surface area contributed by atoms with Crippen LogP contribution in [-0.4, -0.2) is 32.9 Å². The first-order valence-corrected chi connectivity index (χ1v) is 6.42. The van der Waals surface area contributed by atoms with Gasteiger partial charge in [0.05, 0.1) is 0 Å². The molecule has 0 spiro atoms. The summed E-state index contributed by atoms with van der Waals surface area (Å²) in [6.07, 6.45) is 2.32. The number of hydrogen-bond acceptors (Lipinski definition) is 3. The summed E-state index contributed by atoms with van der Waals surface area (Å²) in [5.41, 5.74) is 1.52. The van der Waals surface area contributed by atoms with Gasteiger partial charge in [-0.25, -0.2) is 9.97 Å². The molecule has 0 fully saturated rings. The minimum Gasteiger partial charge on any atom is -0.355 e. The highest BCUT2D eigenvalue weighted by Gasteiger charge is 2.13. The summed E-state index contributed by atoms with van der Waals surface area (Å²) >= 11 is 5.76. The average Bonchev–Trinajstić information content (AvgIpc) is 2.69. The number of rotatable bonds is 5. The number of fused-ring (bicyclic) bond motifs is 1. The summed E-state index contributed by atoms with van der Waals surface area (Å²) in [4.78, 5) is 20.4.